The van der Waals surface area contributed by atoms with E-state index in [1.807, 2.05) is 13.8 Å². The van der Waals surface area contributed by atoms with E-state index in [9.17, 15) is 9.90 Å². The molecule has 0 bridgehead atoms. The summed E-state index contributed by atoms with van der Waals surface area (Å²) in [6.45, 7) is 3.70. The standard InChI is InChI=1S/C10H11N3O2/c1-5-6(2)13-4-7(10(14)15)3-8(11)9(13)12-5/h3-4H,11H2,1-2H3,(H,14,15)/p-1. The first-order chi connectivity index (χ1) is 7.00. The number of nitrogens with two attached hydrogens (primary N) is 1. The molecular formula is C10H10N3O2-. The van der Waals surface area contributed by atoms with Gasteiger partial charge in [0.25, 0.3) is 0 Å². The predicted molar refractivity (Wildman–Crippen MR) is 53.4 cm³/mol. The van der Waals surface area contributed by atoms with Gasteiger partial charge >= 0.3 is 0 Å². The molecule has 2 rings (SSSR count). The van der Waals surface area contributed by atoms with Gasteiger partial charge < -0.3 is 20.0 Å². The average molecular weight is 204 g/mol. The molecule has 0 amide bonds. The Balaban J connectivity index is 2.85. The highest BCUT2D eigenvalue weighted by molar-refractivity contribution is 5.88. The van der Waals surface area contributed by atoms with Gasteiger partial charge in [-0.3, -0.25) is 0 Å². The Morgan fingerprint density at radius 3 is 2.80 bits per heavy atom. The number of fused-ring (bicyclic) bond motifs is 1. The molecule has 2 aromatic rings. The Kier molecular flexibility index (Phi) is 1.89. The molecule has 0 radical (unpaired) electrons. The van der Waals surface area contributed by atoms with Gasteiger partial charge in [-0.1, -0.05) is 0 Å². The summed E-state index contributed by atoms with van der Waals surface area (Å²) < 4.78 is 1.66. The number of aromatic nitrogens is 2. The Morgan fingerprint density at radius 1 is 1.53 bits per heavy atom. The Morgan fingerprint density at radius 2 is 2.20 bits per heavy atom. The molecule has 0 aliphatic heterocycles. The van der Waals surface area contributed by atoms with Gasteiger partial charge in [0.05, 0.1) is 17.4 Å². The summed E-state index contributed by atoms with van der Waals surface area (Å²) in [5, 5.41) is 10.7. The highest BCUT2D eigenvalue weighted by Crippen LogP contribution is 2.18. The van der Waals surface area contributed by atoms with Crippen LogP contribution in [0.5, 0.6) is 0 Å². The van der Waals surface area contributed by atoms with Crippen molar-refractivity contribution < 1.29 is 9.90 Å². The quantitative estimate of drug-likeness (QED) is 0.702. The number of hydrogen-bond donors (Lipinski definition) is 1. The molecule has 0 fully saturated rings. The van der Waals surface area contributed by atoms with Gasteiger partial charge in [-0.05, 0) is 19.9 Å². The van der Waals surface area contributed by atoms with Crippen molar-refractivity contribution in [2.24, 2.45) is 0 Å². The number of carbonyl (C=O) groups excluding carboxylic acids is 1. The molecule has 2 heterocycles. The van der Waals surface area contributed by atoms with Gasteiger partial charge in [0, 0.05) is 17.5 Å². The zero-order valence-electron chi connectivity index (χ0n) is 8.44. The van der Waals surface area contributed by atoms with Gasteiger partial charge in [0.15, 0.2) is 5.65 Å². The molecule has 0 saturated heterocycles. The van der Waals surface area contributed by atoms with Crippen molar-refractivity contribution in [3.05, 3.63) is 29.2 Å². The number of nitrogen functional groups attached to an aromatic ring is 1. The third-order valence-corrected chi connectivity index (χ3v) is 2.46. The number of rotatable bonds is 1. The molecule has 0 aromatic carbocycles. The molecule has 0 saturated carbocycles. The second-order valence-corrected chi connectivity index (χ2v) is 3.45. The van der Waals surface area contributed by atoms with Gasteiger partial charge in [-0.15, -0.1) is 0 Å². The van der Waals surface area contributed by atoms with Gasteiger partial charge in [0.2, 0.25) is 0 Å². The topological polar surface area (TPSA) is 83.4 Å². The van der Waals surface area contributed by atoms with Crippen molar-refractivity contribution in [2.75, 3.05) is 5.73 Å². The molecule has 78 valence electrons. The van der Waals surface area contributed by atoms with Crippen molar-refractivity contribution in [1.82, 2.24) is 9.38 Å². The third-order valence-electron chi connectivity index (χ3n) is 2.46. The summed E-state index contributed by atoms with van der Waals surface area (Å²) in [5.41, 5.74) is 8.38. The highest BCUT2D eigenvalue weighted by Gasteiger charge is 2.08. The molecule has 0 spiro atoms. The minimum absolute atomic E-state index is 0.0560. The van der Waals surface area contributed by atoms with Crippen LogP contribution in [0.25, 0.3) is 5.65 Å². The maximum atomic E-state index is 10.7. The molecule has 0 unspecified atom stereocenters. The molecule has 15 heavy (non-hydrogen) atoms. The number of imidazole rings is 1. The number of carboxylic acid groups (broad SMARTS) is 1. The average Bonchev–Trinajstić information content (AvgIpc) is 2.45. The fraction of sp³-hybridized carbons (Fsp3) is 0.200. The number of hydrogen-bond acceptors (Lipinski definition) is 4. The maximum absolute atomic E-state index is 10.7. The van der Waals surface area contributed by atoms with Crippen LogP contribution in [0.4, 0.5) is 5.69 Å². The van der Waals surface area contributed by atoms with Crippen LogP contribution in [-0.4, -0.2) is 15.4 Å². The molecule has 0 aliphatic carbocycles. The molecule has 0 aliphatic rings. The van der Waals surface area contributed by atoms with Crippen LogP contribution in [0.1, 0.15) is 21.7 Å². The molecule has 2 N–H and O–H groups in total. The van der Waals surface area contributed by atoms with Gasteiger partial charge in [-0.25, -0.2) is 4.98 Å². The van der Waals surface area contributed by atoms with E-state index in [-0.39, 0.29) is 5.56 Å². The Hall–Kier alpha value is -2.04. The van der Waals surface area contributed by atoms with Gasteiger partial charge in [0.1, 0.15) is 0 Å². The van der Waals surface area contributed by atoms with Crippen LogP contribution >= 0.6 is 0 Å². The monoisotopic (exact) mass is 204 g/mol. The van der Waals surface area contributed by atoms with Crippen LogP contribution < -0.4 is 10.8 Å². The fourth-order valence-corrected chi connectivity index (χ4v) is 1.51. The van der Waals surface area contributed by atoms with Crippen molar-refractivity contribution in [3.63, 3.8) is 0 Å². The summed E-state index contributed by atoms with van der Waals surface area (Å²) in [7, 11) is 0. The SMILES string of the molecule is Cc1nc2c(N)cc(C(=O)[O-])cn2c1C. The summed E-state index contributed by atoms with van der Waals surface area (Å²) >= 11 is 0. The third kappa shape index (κ3) is 1.32. The molecule has 5 heteroatoms. The van der Waals surface area contributed by atoms with Crippen molar-refractivity contribution in [3.8, 4) is 0 Å². The van der Waals surface area contributed by atoms with Crippen molar-refractivity contribution >= 4 is 17.3 Å². The Labute approximate surface area is 86.2 Å². The molecular weight excluding hydrogens is 194 g/mol. The van der Waals surface area contributed by atoms with Crippen LogP contribution in [-0.2, 0) is 0 Å². The lowest BCUT2D eigenvalue weighted by Gasteiger charge is -2.06. The van der Waals surface area contributed by atoms with E-state index in [1.54, 1.807) is 4.40 Å². The molecule has 2 aromatic heterocycles. The second kappa shape index (κ2) is 2.98. The van der Waals surface area contributed by atoms with E-state index < -0.39 is 5.97 Å². The van der Waals surface area contributed by atoms with E-state index >= 15 is 0 Å². The number of aromatic carboxylic acids is 1. The van der Waals surface area contributed by atoms with Gasteiger partial charge in [-0.2, -0.15) is 0 Å². The smallest absolute Gasteiger partial charge is 0.160 e. The number of carboxylic acids is 1. The van der Waals surface area contributed by atoms with Crippen LogP contribution in [0, 0.1) is 13.8 Å². The van der Waals surface area contributed by atoms with Crippen LogP contribution in [0.3, 0.4) is 0 Å². The lowest BCUT2D eigenvalue weighted by Crippen LogP contribution is -2.23. The lowest BCUT2D eigenvalue weighted by atomic mass is 10.2. The zero-order valence-corrected chi connectivity index (χ0v) is 8.44. The number of pyridine rings is 1. The number of anilines is 1. The molecule has 5 nitrogen and oxygen atoms in total. The summed E-state index contributed by atoms with van der Waals surface area (Å²) in [5.74, 6) is -1.24. The first-order valence-electron chi connectivity index (χ1n) is 4.47. The second-order valence-electron chi connectivity index (χ2n) is 3.45. The van der Waals surface area contributed by atoms with Crippen LogP contribution in [0.15, 0.2) is 12.3 Å². The first kappa shape index (κ1) is 9.51. The summed E-state index contributed by atoms with van der Waals surface area (Å²) in [4.78, 5) is 15.0. The fourth-order valence-electron chi connectivity index (χ4n) is 1.51. The minimum Gasteiger partial charge on any atom is -0.545 e. The predicted octanol–water partition coefficient (Wildman–Crippen LogP) is -0.103. The highest BCUT2D eigenvalue weighted by atomic mass is 16.4. The number of nitrogens with zero attached hydrogens (tertiary/aromatic N) is 2. The van der Waals surface area contributed by atoms with E-state index in [2.05, 4.69) is 4.98 Å². The van der Waals surface area contributed by atoms with Crippen LogP contribution in [0.2, 0.25) is 0 Å². The molecule has 0 atom stereocenters. The van der Waals surface area contributed by atoms with E-state index in [4.69, 9.17) is 5.73 Å². The van der Waals surface area contributed by atoms with E-state index in [1.165, 1.54) is 12.3 Å². The largest absolute Gasteiger partial charge is 0.545 e. The minimum atomic E-state index is -1.24. The lowest BCUT2D eigenvalue weighted by molar-refractivity contribution is -0.255. The maximum Gasteiger partial charge on any atom is 0.160 e. The summed E-state index contributed by atoms with van der Waals surface area (Å²) in [6, 6.07) is 1.36. The van der Waals surface area contributed by atoms with E-state index in [0.29, 0.717) is 11.3 Å². The number of aryl methyl sites for hydroxylation is 2. The first-order valence-corrected chi connectivity index (χ1v) is 4.47. The van der Waals surface area contributed by atoms with Crippen molar-refractivity contribution in [1.29, 1.82) is 0 Å². The normalized spacial score (nSPS) is 10.8. The van der Waals surface area contributed by atoms with E-state index in [0.717, 1.165) is 11.4 Å². The summed E-state index contributed by atoms with van der Waals surface area (Å²) in [6.07, 6.45) is 1.47. The van der Waals surface area contributed by atoms with Crippen molar-refractivity contribution in [2.45, 2.75) is 13.8 Å². The zero-order chi connectivity index (χ0) is 11.2. The number of carbonyl (C=O) groups is 1. The Bertz CT molecular complexity index is 557.